The molecule has 1 saturated heterocycles. The second-order valence-electron chi connectivity index (χ2n) is 6.02. The molecule has 1 aromatic rings. The van der Waals surface area contributed by atoms with Crippen LogP contribution in [-0.2, 0) is 6.42 Å². The summed E-state index contributed by atoms with van der Waals surface area (Å²) in [7, 11) is 0. The first kappa shape index (κ1) is 17.7. The van der Waals surface area contributed by atoms with Gasteiger partial charge in [-0.1, -0.05) is 13.0 Å². The highest BCUT2D eigenvalue weighted by atomic mass is 15.2. The first-order valence-electron chi connectivity index (χ1n) is 8.99. The summed E-state index contributed by atoms with van der Waals surface area (Å²) in [5.41, 5.74) is 1.11. The lowest BCUT2D eigenvalue weighted by molar-refractivity contribution is 0.242. The van der Waals surface area contributed by atoms with Crippen LogP contribution >= 0.6 is 0 Å². The maximum absolute atomic E-state index is 4.79. The van der Waals surface area contributed by atoms with Gasteiger partial charge in [0.1, 0.15) is 0 Å². The van der Waals surface area contributed by atoms with Crippen LogP contribution in [0, 0.1) is 0 Å². The number of nitrogens with zero attached hydrogens (tertiary/aromatic N) is 3. The molecular formula is C18H31N5. The fraction of sp³-hybridized carbons (Fsp3) is 0.667. The Morgan fingerprint density at radius 2 is 2.09 bits per heavy atom. The summed E-state index contributed by atoms with van der Waals surface area (Å²) in [4.78, 5) is 11.7. The van der Waals surface area contributed by atoms with Gasteiger partial charge in [-0.15, -0.1) is 0 Å². The molecule has 1 aliphatic rings. The Labute approximate surface area is 140 Å². The molecule has 1 atom stereocenters. The summed E-state index contributed by atoms with van der Waals surface area (Å²) in [5, 5.41) is 6.76. The lowest BCUT2D eigenvalue weighted by Crippen LogP contribution is -2.40. The summed E-state index contributed by atoms with van der Waals surface area (Å²) in [6.07, 6.45) is 6.59. The summed E-state index contributed by atoms with van der Waals surface area (Å²) < 4.78 is 0. The second-order valence-corrected chi connectivity index (χ2v) is 6.02. The third kappa shape index (κ3) is 6.18. The van der Waals surface area contributed by atoms with Crippen molar-refractivity contribution in [2.75, 3.05) is 32.7 Å². The first-order valence-corrected chi connectivity index (χ1v) is 8.99. The van der Waals surface area contributed by atoms with E-state index in [0.29, 0.717) is 6.04 Å². The zero-order chi connectivity index (χ0) is 16.3. The smallest absolute Gasteiger partial charge is 0.191 e. The minimum Gasteiger partial charge on any atom is -0.357 e. The van der Waals surface area contributed by atoms with Crippen LogP contribution < -0.4 is 10.6 Å². The molecule has 1 aromatic heterocycles. The van der Waals surface area contributed by atoms with Crippen LogP contribution in [0.4, 0.5) is 0 Å². The molecule has 0 aliphatic carbocycles. The number of aromatic nitrogens is 1. The Bertz CT molecular complexity index is 454. The number of likely N-dealkylation sites (tertiary alicyclic amines) is 1. The summed E-state index contributed by atoms with van der Waals surface area (Å²) in [6.45, 7) is 9.44. The number of hydrogen-bond donors (Lipinski definition) is 2. The van der Waals surface area contributed by atoms with Gasteiger partial charge in [0.05, 0.1) is 6.54 Å². The molecule has 2 rings (SSSR count). The predicted molar refractivity (Wildman–Crippen MR) is 96.8 cm³/mol. The Morgan fingerprint density at radius 3 is 2.74 bits per heavy atom. The molecule has 0 aromatic carbocycles. The van der Waals surface area contributed by atoms with Gasteiger partial charge in [-0.25, -0.2) is 0 Å². The van der Waals surface area contributed by atoms with Gasteiger partial charge in [0, 0.05) is 37.4 Å². The highest BCUT2D eigenvalue weighted by Gasteiger charge is 2.19. The molecule has 23 heavy (non-hydrogen) atoms. The Morgan fingerprint density at radius 1 is 1.26 bits per heavy atom. The lowest BCUT2D eigenvalue weighted by Gasteiger charge is -2.25. The quantitative estimate of drug-likeness (QED) is 0.569. The van der Waals surface area contributed by atoms with Crippen LogP contribution in [0.15, 0.2) is 29.4 Å². The zero-order valence-electron chi connectivity index (χ0n) is 14.6. The fourth-order valence-electron chi connectivity index (χ4n) is 3.00. The molecule has 0 radical (unpaired) electrons. The topological polar surface area (TPSA) is 52.6 Å². The Hall–Kier alpha value is -1.62. The fourth-order valence-corrected chi connectivity index (χ4v) is 3.00. The first-order chi connectivity index (χ1) is 11.3. The van der Waals surface area contributed by atoms with Crippen LogP contribution in [0.5, 0.6) is 0 Å². The molecule has 1 fully saturated rings. The second kappa shape index (κ2) is 10.2. The molecule has 5 heteroatoms. The van der Waals surface area contributed by atoms with Crippen molar-refractivity contribution in [1.82, 2.24) is 20.5 Å². The van der Waals surface area contributed by atoms with Crippen molar-refractivity contribution in [3.05, 3.63) is 30.1 Å². The standard InChI is InChI=1S/C18H31N5/c1-3-17(23-13-7-8-14-23)15-22-18(19-4-2)21-12-10-16-9-5-6-11-20-16/h5-6,9,11,17H,3-4,7-8,10,12-15H2,1-2H3,(H2,19,21,22). The molecule has 0 saturated carbocycles. The molecule has 128 valence electrons. The van der Waals surface area contributed by atoms with Gasteiger partial charge in [0.15, 0.2) is 5.96 Å². The van der Waals surface area contributed by atoms with E-state index in [0.717, 1.165) is 44.1 Å². The van der Waals surface area contributed by atoms with Gasteiger partial charge in [-0.3, -0.25) is 14.9 Å². The molecule has 2 heterocycles. The normalized spacial score (nSPS) is 17.2. The van der Waals surface area contributed by atoms with Crippen LogP contribution in [0.2, 0.25) is 0 Å². The van der Waals surface area contributed by atoms with Gasteiger partial charge in [-0.05, 0) is 51.4 Å². The van der Waals surface area contributed by atoms with Crippen molar-refractivity contribution < 1.29 is 0 Å². The monoisotopic (exact) mass is 317 g/mol. The van der Waals surface area contributed by atoms with Crippen molar-refractivity contribution in [1.29, 1.82) is 0 Å². The molecule has 0 amide bonds. The number of rotatable bonds is 8. The molecule has 0 spiro atoms. The van der Waals surface area contributed by atoms with Gasteiger partial charge < -0.3 is 10.6 Å². The zero-order valence-corrected chi connectivity index (χ0v) is 14.6. The molecular weight excluding hydrogens is 286 g/mol. The molecule has 1 aliphatic heterocycles. The number of nitrogens with one attached hydrogen (secondary N) is 2. The van der Waals surface area contributed by atoms with E-state index in [1.54, 1.807) is 0 Å². The van der Waals surface area contributed by atoms with Crippen LogP contribution in [0.3, 0.4) is 0 Å². The highest BCUT2D eigenvalue weighted by molar-refractivity contribution is 5.79. The van der Waals surface area contributed by atoms with Crippen molar-refractivity contribution in [2.24, 2.45) is 4.99 Å². The average Bonchev–Trinajstić information content (AvgIpc) is 3.11. The van der Waals surface area contributed by atoms with E-state index < -0.39 is 0 Å². The SMILES string of the molecule is CCNC(=NCC(CC)N1CCCC1)NCCc1ccccn1. The van der Waals surface area contributed by atoms with Gasteiger partial charge in [0.25, 0.3) is 0 Å². The van der Waals surface area contributed by atoms with E-state index in [9.17, 15) is 0 Å². The highest BCUT2D eigenvalue weighted by Crippen LogP contribution is 2.14. The van der Waals surface area contributed by atoms with Crippen LogP contribution in [0.25, 0.3) is 0 Å². The third-order valence-corrected chi connectivity index (χ3v) is 4.33. The lowest BCUT2D eigenvalue weighted by atomic mass is 10.2. The van der Waals surface area contributed by atoms with E-state index in [2.05, 4.69) is 40.4 Å². The maximum Gasteiger partial charge on any atom is 0.191 e. The Kier molecular flexibility index (Phi) is 7.87. The number of aliphatic imine (C=N–C) groups is 1. The Balaban J connectivity index is 1.81. The van der Waals surface area contributed by atoms with Gasteiger partial charge in [-0.2, -0.15) is 0 Å². The largest absolute Gasteiger partial charge is 0.357 e. The summed E-state index contributed by atoms with van der Waals surface area (Å²) in [6, 6.07) is 6.62. The van der Waals surface area contributed by atoms with Crippen molar-refractivity contribution in [3.63, 3.8) is 0 Å². The summed E-state index contributed by atoms with van der Waals surface area (Å²) in [5.74, 6) is 0.918. The van der Waals surface area contributed by atoms with Gasteiger partial charge in [0.2, 0.25) is 0 Å². The van der Waals surface area contributed by atoms with Gasteiger partial charge >= 0.3 is 0 Å². The molecule has 1 unspecified atom stereocenters. The number of pyridine rings is 1. The van der Waals surface area contributed by atoms with E-state index in [-0.39, 0.29) is 0 Å². The molecule has 5 nitrogen and oxygen atoms in total. The third-order valence-electron chi connectivity index (χ3n) is 4.33. The van der Waals surface area contributed by atoms with E-state index >= 15 is 0 Å². The van der Waals surface area contributed by atoms with E-state index in [1.165, 1.54) is 25.9 Å². The minimum absolute atomic E-state index is 0.573. The number of hydrogen-bond acceptors (Lipinski definition) is 3. The van der Waals surface area contributed by atoms with Crippen molar-refractivity contribution >= 4 is 5.96 Å². The van der Waals surface area contributed by atoms with Crippen molar-refractivity contribution in [2.45, 2.75) is 45.6 Å². The van der Waals surface area contributed by atoms with E-state index in [1.807, 2.05) is 18.3 Å². The molecule has 2 N–H and O–H groups in total. The minimum atomic E-state index is 0.573. The van der Waals surface area contributed by atoms with Crippen LogP contribution in [-0.4, -0.2) is 54.6 Å². The van der Waals surface area contributed by atoms with E-state index in [4.69, 9.17) is 4.99 Å². The summed E-state index contributed by atoms with van der Waals surface area (Å²) >= 11 is 0. The average molecular weight is 317 g/mol. The maximum atomic E-state index is 4.79. The van der Waals surface area contributed by atoms with Crippen molar-refractivity contribution in [3.8, 4) is 0 Å². The number of guanidine groups is 1. The van der Waals surface area contributed by atoms with Crippen LogP contribution in [0.1, 0.15) is 38.8 Å². The molecule has 0 bridgehead atoms. The predicted octanol–water partition coefficient (Wildman–Crippen LogP) is 2.05.